The Morgan fingerprint density at radius 2 is 1.86 bits per heavy atom. The van der Waals surface area contributed by atoms with Crippen molar-refractivity contribution in [2.24, 2.45) is 0 Å². The van der Waals surface area contributed by atoms with Gasteiger partial charge in [-0.1, -0.05) is 28.9 Å². The minimum atomic E-state index is -0.368. The smallest absolute Gasteiger partial charge is 0.259 e. The van der Waals surface area contributed by atoms with Crippen LogP contribution in [-0.4, -0.2) is 25.6 Å². The first-order chi connectivity index (χ1) is 17.5. The Kier molecular flexibility index (Phi) is 6.59. The van der Waals surface area contributed by atoms with E-state index in [4.69, 9.17) is 25.4 Å². The number of Topliss-reactive ketones (excluding diaryl/α,β-unsaturated/α-hetero) is 1. The molecule has 5 rings (SSSR count). The SMILES string of the molecule is O=C(Cc1cnc(Nc2ccc(Oc3ccon3)cc2)n(Cc2ccc(Cl)cc2)c1=O)c1ccno1. The van der Waals surface area contributed by atoms with Crippen LogP contribution in [0.25, 0.3) is 0 Å². The number of halogens is 1. The van der Waals surface area contributed by atoms with Gasteiger partial charge in [0.2, 0.25) is 17.5 Å². The molecule has 0 aliphatic rings. The minimum Gasteiger partial charge on any atom is -0.436 e. The average molecular weight is 504 g/mol. The highest BCUT2D eigenvalue weighted by Gasteiger charge is 2.17. The van der Waals surface area contributed by atoms with E-state index < -0.39 is 0 Å². The fourth-order valence-corrected chi connectivity index (χ4v) is 3.53. The summed E-state index contributed by atoms with van der Waals surface area (Å²) in [5.41, 5.74) is 1.37. The second kappa shape index (κ2) is 10.3. The molecule has 11 heteroatoms. The molecule has 3 aromatic heterocycles. The number of rotatable bonds is 9. The Bertz CT molecular complexity index is 1510. The summed E-state index contributed by atoms with van der Waals surface area (Å²) in [6, 6.07) is 17.2. The molecule has 0 bridgehead atoms. The van der Waals surface area contributed by atoms with E-state index in [0.717, 1.165) is 5.56 Å². The van der Waals surface area contributed by atoms with Crippen molar-refractivity contribution < 1.29 is 18.6 Å². The van der Waals surface area contributed by atoms with Gasteiger partial charge in [-0.2, -0.15) is 0 Å². The number of hydrogen-bond donors (Lipinski definition) is 1. The maximum absolute atomic E-state index is 13.4. The maximum atomic E-state index is 13.4. The molecule has 3 heterocycles. The van der Waals surface area contributed by atoms with Crippen LogP contribution in [0, 0.1) is 0 Å². The van der Waals surface area contributed by atoms with Crippen molar-refractivity contribution >= 4 is 29.0 Å². The fraction of sp³-hybridized carbons (Fsp3) is 0.0800. The van der Waals surface area contributed by atoms with Crippen molar-refractivity contribution in [3.8, 4) is 11.6 Å². The van der Waals surface area contributed by atoms with Crippen molar-refractivity contribution in [2.75, 3.05) is 5.32 Å². The third-order valence-corrected chi connectivity index (χ3v) is 5.43. The Hall–Kier alpha value is -4.70. The zero-order valence-corrected chi connectivity index (χ0v) is 19.4. The summed E-state index contributed by atoms with van der Waals surface area (Å²) in [7, 11) is 0. The number of ether oxygens (including phenoxy) is 1. The molecule has 0 aliphatic carbocycles. The highest BCUT2D eigenvalue weighted by molar-refractivity contribution is 6.30. The molecule has 0 aliphatic heterocycles. The third kappa shape index (κ3) is 5.34. The van der Waals surface area contributed by atoms with Crippen LogP contribution in [0.5, 0.6) is 11.6 Å². The molecule has 0 radical (unpaired) electrons. The Morgan fingerprint density at radius 1 is 1.06 bits per heavy atom. The lowest BCUT2D eigenvalue weighted by Crippen LogP contribution is -2.28. The standard InChI is InChI=1S/C25H18ClN5O5/c26-18-3-1-16(2-4-18)15-31-24(33)17(13-21(32)22-9-11-28-36-22)14-27-25(31)29-19-5-7-20(8-6-19)35-23-10-12-34-30-23/h1-12,14H,13,15H2,(H,27,29). The summed E-state index contributed by atoms with van der Waals surface area (Å²) in [4.78, 5) is 30.3. The van der Waals surface area contributed by atoms with E-state index in [1.54, 1.807) is 42.5 Å². The van der Waals surface area contributed by atoms with E-state index in [1.165, 1.54) is 29.3 Å². The van der Waals surface area contributed by atoms with Crippen LogP contribution in [0.3, 0.4) is 0 Å². The van der Waals surface area contributed by atoms with Gasteiger partial charge in [0.1, 0.15) is 12.0 Å². The van der Waals surface area contributed by atoms with E-state index in [-0.39, 0.29) is 35.6 Å². The number of nitrogens with one attached hydrogen (secondary N) is 1. The zero-order chi connectivity index (χ0) is 24.9. The zero-order valence-electron chi connectivity index (χ0n) is 18.6. The molecule has 180 valence electrons. The number of aromatic nitrogens is 4. The van der Waals surface area contributed by atoms with Gasteiger partial charge in [-0.15, -0.1) is 0 Å². The number of carbonyl (C=O) groups excluding carboxylic acids is 1. The summed E-state index contributed by atoms with van der Waals surface area (Å²) in [6.45, 7) is 0.211. The first-order valence-corrected chi connectivity index (χ1v) is 11.2. The number of benzene rings is 2. The van der Waals surface area contributed by atoms with Crippen LogP contribution < -0.4 is 15.6 Å². The third-order valence-electron chi connectivity index (χ3n) is 5.18. The summed E-state index contributed by atoms with van der Waals surface area (Å²) < 4.78 is 16.7. The molecule has 0 spiro atoms. The van der Waals surface area contributed by atoms with Gasteiger partial charge in [0.05, 0.1) is 12.7 Å². The first kappa shape index (κ1) is 23.1. The molecule has 10 nitrogen and oxygen atoms in total. The van der Waals surface area contributed by atoms with Gasteiger partial charge < -0.3 is 19.1 Å². The molecular weight excluding hydrogens is 486 g/mol. The second-order valence-corrected chi connectivity index (χ2v) is 8.13. The van der Waals surface area contributed by atoms with Crippen LogP contribution in [0.15, 0.2) is 93.2 Å². The fourth-order valence-electron chi connectivity index (χ4n) is 3.40. The van der Waals surface area contributed by atoms with E-state index in [9.17, 15) is 9.59 Å². The quantitative estimate of drug-likeness (QED) is 0.280. The van der Waals surface area contributed by atoms with Gasteiger partial charge in [-0.25, -0.2) is 4.98 Å². The molecular formula is C25H18ClN5O5. The Labute approximate surface area is 209 Å². The van der Waals surface area contributed by atoms with Gasteiger partial charge in [0.15, 0.2) is 0 Å². The summed E-state index contributed by atoms with van der Waals surface area (Å²) >= 11 is 6.01. The average Bonchev–Trinajstić information content (AvgIpc) is 3.60. The molecule has 5 aromatic rings. The number of nitrogens with zero attached hydrogens (tertiary/aromatic N) is 4. The maximum Gasteiger partial charge on any atom is 0.259 e. The van der Waals surface area contributed by atoms with Crippen molar-refractivity contribution in [3.05, 3.63) is 112 Å². The van der Waals surface area contributed by atoms with Crippen LogP contribution in [-0.2, 0) is 13.0 Å². The molecule has 1 N–H and O–H groups in total. The van der Waals surface area contributed by atoms with Gasteiger partial charge >= 0.3 is 0 Å². The van der Waals surface area contributed by atoms with Crippen LogP contribution in [0.1, 0.15) is 21.7 Å². The summed E-state index contributed by atoms with van der Waals surface area (Å²) in [6.07, 6.45) is 4.01. The predicted molar refractivity (Wildman–Crippen MR) is 130 cm³/mol. The molecule has 0 amide bonds. The molecule has 2 aromatic carbocycles. The highest BCUT2D eigenvalue weighted by Crippen LogP contribution is 2.23. The Balaban J connectivity index is 1.43. The molecule has 36 heavy (non-hydrogen) atoms. The lowest BCUT2D eigenvalue weighted by Gasteiger charge is -2.15. The molecule has 0 unspecified atom stereocenters. The van der Waals surface area contributed by atoms with Gasteiger partial charge in [0, 0.05) is 41.0 Å². The largest absolute Gasteiger partial charge is 0.436 e. The topological polar surface area (TPSA) is 125 Å². The van der Waals surface area contributed by atoms with Crippen molar-refractivity contribution in [1.82, 2.24) is 19.9 Å². The summed E-state index contributed by atoms with van der Waals surface area (Å²) in [5.74, 6) is 0.907. The van der Waals surface area contributed by atoms with E-state index in [2.05, 4.69) is 20.6 Å². The number of ketones is 1. The molecule has 0 atom stereocenters. The summed E-state index contributed by atoms with van der Waals surface area (Å²) in [5, 5.41) is 11.0. The van der Waals surface area contributed by atoms with Gasteiger partial charge in [-0.3, -0.25) is 14.2 Å². The first-order valence-electron chi connectivity index (χ1n) is 10.8. The van der Waals surface area contributed by atoms with Crippen LogP contribution in [0.2, 0.25) is 5.02 Å². The number of anilines is 2. The van der Waals surface area contributed by atoms with Crippen molar-refractivity contribution in [2.45, 2.75) is 13.0 Å². The van der Waals surface area contributed by atoms with Gasteiger partial charge in [0.25, 0.3) is 11.4 Å². The van der Waals surface area contributed by atoms with Gasteiger partial charge in [-0.05, 0) is 47.1 Å². The lowest BCUT2D eigenvalue weighted by molar-refractivity contribution is 0.0957. The Morgan fingerprint density at radius 3 is 2.56 bits per heavy atom. The normalized spacial score (nSPS) is 10.8. The minimum absolute atomic E-state index is 0.0776. The monoisotopic (exact) mass is 503 g/mol. The lowest BCUT2D eigenvalue weighted by atomic mass is 10.1. The highest BCUT2D eigenvalue weighted by atomic mass is 35.5. The van der Waals surface area contributed by atoms with E-state index >= 15 is 0 Å². The van der Waals surface area contributed by atoms with Crippen molar-refractivity contribution in [1.29, 1.82) is 0 Å². The van der Waals surface area contributed by atoms with Crippen LogP contribution >= 0.6 is 11.6 Å². The van der Waals surface area contributed by atoms with E-state index in [0.29, 0.717) is 28.3 Å². The molecule has 0 saturated carbocycles. The second-order valence-electron chi connectivity index (χ2n) is 7.69. The van der Waals surface area contributed by atoms with E-state index in [1.807, 2.05) is 12.1 Å². The molecule has 0 fully saturated rings. The number of carbonyl (C=O) groups is 1. The van der Waals surface area contributed by atoms with Crippen molar-refractivity contribution in [3.63, 3.8) is 0 Å². The molecule has 0 saturated heterocycles. The predicted octanol–water partition coefficient (Wildman–Crippen LogP) is 4.88. The van der Waals surface area contributed by atoms with Crippen LogP contribution in [0.4, 0.5) is 11.6 Å². The number of hydrogen-bond acceptors (Lipinski definition) is 9.